The number of aliphatic hydroxyl groups excluding tert-OH is 1. The molecule has 2 aromatic rings. The molecular weight excluding hydrogens is 310 g/mol. The van der Waals surface area contributed by atoms with Gasteiger partial charge in [0.05, 0.1) is 0 Å². The van der Waals surface area contributed by atoms with Gasteiger partial charge in [0.1, 0.15) is 22.8 Å². The Balaban J connectivity index is 2.44. The standard InChI is InChI=1S/C14H10ClF4NO/c1-7-2-3-8(16)6-10(7)12(21)9-4-5-11(14(17,18)19)20-13(9)15/h2-6,12,21H,1H3. The van der Waals surface area contributed by atoms with E-state index in [1.165, 1.54) is 12.1 Å². The van der Waals surface area contributed by atoms with Gasteiger partial charge in [-0.15, -0.1) is 0 Å². The highest BCUT2D eigenvalue weighted by atomic mass is 35.5. The number of aryl methyl sites for hydroxylation is 1. The normalized spacial score (nSPS) is 13.3. The van der Waals surface area contributed by atoms with Crippen molar-refractivity contribution in [2.24, 2.45) is 0 Å². The smallest absolute Gasteiger partial charge is 0.384 e. The first-order valence-electron chi connectivity index (χ1n) is 5.88. The van der Waals surface area contributed by atoms with Crippen LogP contribution in [0.4, 0.5) is 17.6 Å². The van der Waals surface area contributed by atoms with E-state index in [4.69, 9.17) is 11.6 Å². The Morgan fingerprint density at radius 2 is 1.81 bits per heavy atom. The molecule has 21 heavy (non-hydrogen) atoms. The number of pyridine rings is 1. The van der Waals surface area contributed by atoms with Crippen LogP contribution in [-0.4, -0.2) is 10.1 Å². The molecule has 2 nitrogen and oxygen atoms in total. The highest BCUT2D eigenvalue weighted by Gasteiger charge is 2.33. The highest BCUT2D eigenvalue weighted by Crippen LogP contribution is 2.33. The second-order valence-electron chi connectivity index (χ2n) is 4.48. The van der Waals surface area contributed by atoms with Crippen LogP contribution in [0.1, 0.15) is 28.5 Å². The lowest BCUT2D eigenvalue weighted by Crippen LogP contribution is -2.10. The van der Waals surface area contributed by atoms with Crippen molar-refractivity contribution in [3.8, 4) is 0 Å². The quantitative estimate of drug-likeness (QED) is 0.662. The van der Waals surface area contributed by atoms with Crippen LogP contribution in [0, 0.1) is 12.7 Å². The van der Waals surface area contributed by atoms with Gasteiger partial charge in [-0.05, 0) is 36.2 Å². The van der Waals surface area contributed by atoms with Gasteiger partial charge < -0.3 is 5.11 Å². The molecule has 0 bridgehead atoms. The number of nitrogens with zero attached hydrogens (tertiary/aromatic N) is 1. The summed E-state index contributed by atoms with van der Waals surface area (Å²) in [6, 6.07) is 5.54. The monoisotopic (exact) mass is 319 g/mol. The molecular formula is C14H10ClF4NO. The number of benzene rings is 1. The van der Waals surface area contributed by atoms with Gasteiger partial charge in [-0.2, -0.15) is 13.2 Å². The Kier molecular flexibility index (Phi) is 4.20. The van der Waals surface area contributed by atoms with Gasteiger partial charge in [0, 0.05) is 5.56 Å². The maximum Gasteiger partial charge on any atom is 0.433 e. The minimum Gasteiger partial charge on any atom is -0.384 e. The second kappa shape index (κ2) is 5.61. The predicted molar refractivity (Wildman–Crippen MR) is 69.4 cm³/mol. The molecule has 0 aliphatic carbocycles. The zero-order valence-electron chi connectivity index (χ0n) is 10.7. The van der Waals surface area contributed by atoms with Crippen LogP contribution in [0.3, 0.4) is 0 Å². The van der Waals surface area contributed by atoms with Gasteiger partial charge in [0.25, 0.3) is 0 Å². The van der Waals surface area contributed by atoms with E-state index in [0.717, 1.165) is 18.2 Å². The van der Waals surface area contributed by atoms with Crippen molar-refractivity contribution in [1.82, 2.24) is 4.98 Å². The molecule has 1 atom stereocenters. The molecule has 112 valence electrons. The van der Waals surface area contributed by atoms with E-state index in [2.05, 4.69) is 4.98 Å². The fraction of sp³-hybridized carbons (Fsp3) is 0.214. The summed E-state index contributed by atoms with van der Waals surface area (Å²) in [5.74, 6) is -0.564. The van der Waals surface area contributed by atoms with E-state index < -0.39 is 28.9 Å². The number of aliphatic hydroxyl groups is 1. The number of alkyl halides is 3. The topological polar surface area (TPSA) is 33.1 Å². The molecule has 0 spiro atoms. The summed E-state index contributed by atoms with van der Waals surface area (Å²) in [4.78, 5) is 3.23. The molecule has 0 aliphatic rings. The van der Waals surface area contributed by atoms with Gasteiger partial charge in [-0.3, -0.25) is 0 Å². The lowest BCUT2D eigenvalue weighted by atomic mass is 9.98. The minimum atomic E-state index is -4.62. The summed E-state index contributed by atoms with van der Waals surface area (Å²) in [5, 5.41) is 9.73. The number of hydrogen-bond acceptors (Lipinski definition) is 2. The first kappa shape index (κ1) is 15.7. The number of hydrogen-bond donors (Lipinski definition) is 1. The molecule has 0 saturated carbocycles. The zero-order valence-corrected chi connectivity index (χ0v) is 11.5. The van der Waals surface area contributed by atoms with E-state index in [-0.39, 0.29) is 11.1 Å². The van der Waals surface area contributed by atoms with Gasteiger partial charge >= 0.3 is 6.18 Å². The third kappa shape index (κ3) is 3.33. The minimum absolute atomic E-state index is 0.0154. The average molecular weight is 320 g/mol. The lowest BCUT2D eigenvalue weighted by molar-refractivity contribution is -0.141. The number of aromatic nitrogens is 1. The Bertz CT molecular complexity index is 673. The fourth-order valence-electron chi connectivity index (χ4n) is 1.88. The van der Waals surface area contributed by atoms with Crippen molar-refractivity contribution in [3.05, 3.63) is 63.7 Å². The summed E-state index contributed by atoms with van der Waals surface area (Å²) in [7, 11) is 0. The zero-order chi connectivity index (χ0) is 15.8. The van der Waals surface area contributed by atoms with E-state index in [1.807, 2.05) is 0 Å². The van der Waals surface area contributed by atoms with Crippen molar-refractivity contribution in [1.29, 1.82) is 0 Å². The van der Waals surface area contributed by atoms with Crippen LogP contribution in [0.25, 0.3) is 0 Å². The molecule has 2 rings (SSSR count). The van der Waals surface area contributed by atoms with Crippen LogP contribution in [-0.2, 0) is 6.18 Å². The van der Waals surface area contributed by atoms with Crippen LogP contribution in [0.15, 0.2) is 30.3 Å². The molecule has 0 amide bonds. The molecule has 0 saturated heterocycles. The second-order valence-corrected chi connectivity index (χ2v) is 4.84. The molecule has 1 aromatic heterocycles. The molecule has 0 radical (unpaired) electrons. The summed E-state index contributed by atoms with van der Waals surface area (Å²) in [6.45, 7) is 1.64. The molecule has 1 N–H and O–H groups in total. The first-order chi connectivity index (χ1) is 9.70. The lowest BCUT2D eigenvalue weighted by Gasteiger charge is -2.16. The van der Waals surface area contributed by atoms with Crippen LogP contribution in [0.2, 0.25) is 5.15 Å². The van der Waals surface area contributed by atoms with E-state index in [0.29, 0.717) is 5.56 Å². The maximum atomic E-state index is 13.2. The Labute approximate surface area is 123 Å². The Morgan fingerprint density at radius 1 is 1.14 bits per heavy atom. The third-order valence-electron chi connectivity index (χ3n) is 3.00. The van der Waals surface area contributed by atoms with Crippen LogP contribution >= 0.6 is 11.6 Å². The Hall–Kier alpha value is -1.66. The molecule has 0 aliphatic heterocycles. The molecule has 0 fully saturated rings. The van der Waals surface area contributed by atoms with E-state index >= 15 is 0 Å². The van der Waals surface area contributed by atoms with Gasteiger partial charge in [0.15, 0.2) is 0 Å². The predicted octanol–water partition coefficient (Wildman–Crippen LogP) is 4.28. The number of halogens is 5. The van der Waals surface area contributed by atoms with E-state index in [9.17, 15) is 22.7 Å². The fourth-order valence-corrected chi connectivity index (χ4v) is 2.14. The van der Waals surface area contributed by atoms with E-state index in [1.54, 1.807) is 6.92 Å². The van der Waals surface area contributed by atoms with Gasteiger partial charge in [-0.25, -0.2) is 9.37 Å². The maximum absolute atomic E-state index is 13.2. The van der Waals surface area contributed by atoms with Crippen molar-refractivity contribution in [3.63, 3.8) is 0 Å². The summed E-state index contributed by atoms with van der Waals surface area (Å²) >= 11 is 5.71. The molecule has 1 heterocycles. The van der Waals surface area contributed by atoms with Crippen molar-refractivity contribution in [2.75, 3.05) is 0 Å². The SMILES string of the molecule is Cc1ccc(F)cc1C(O)c1ccc(C(F)(F)F)nc1Cl. The molecule has 1 aromatic carbocycles. The molecule has 7 heteroatoms. The van der Waals surface area contributed by atoms with Crippen molar-refractivity contribution in [2.45, 2.75) is 19.2 Å². The van der Waals surface area contributed by atoms with Crippen LogP contribution in [0.5, 0.6) is 0 Å². The largest absolute Gasteiger partial charge is 0.433 e. The number of rotatable bonds is 2. The van der Waals surface area contributed by atoms with Crippen LogP contribution < -0.4 is 0 Å². The highest BCUT2D eigenvalue weighted by molar-refractivity contribution is 6.30. The summed E-state index contributed by atoms with van der Waals surface area (Å²) in [6.07, 6.45) is -5.98. The summed E-state index contributed by atoms with van der Waals surface area (Å²) < 4.78 is 50.8. The third-order valence-corrected chi connectivity index (χ3v) is 3.30. The Morgan fingerprint density at radius 3 is 2.38 bits per heavy atom. The first-order valence-corrected chi connectivity index (χ1v) is 6.25. The van der Waals surface area contributed by atoms with Gasteiger partial charge in [-0.1, -0.05) is 23.7 Å². The molecule has 1 unspecified atom stereocenters. The average Bonchev–Trinajstić information content (AvgIpc) is 2.39. The van der Waals surface area contributed by atoms with Gasteiger partial charge in [0.2, 0.25) is 0 Å². The van der Waals surface area contributed by atoms with Crippen molar-refractivity contribution < 1.29 is 22.7 Å². The summed E-state index contributed by atoms with van der Waals surface area (Å²) in [5.41, 5.74) is -0.365. The van der Waals surface area contributed by atoms with Crippen molar-refractivity contribution >= 4 is 11.6 Å².